The standard InChI is InChI=1S/C18H23N3O2/c1-13-17(18(22)19-11-16-9-6-10-23-16)14(2)21(20-13)12-15-7-4-3-5-8-15/h3-5,7-8,16H,6,9-12H2,1-2H3,(H,19,22). The van der Waals surface area contributed by atoms with Gasteiger partial charge < -0.3 is 10.1 Å². The zero-order chi connectivity index (χ0) is 16.2. The summed E-state index contributed by atoms with van der Waals surface area (Å²) >= 11 is 0. The normalized spacial score (nSPS) is 17.4. The molecule has 1 aliphatic heterocycles. The SMILES string of the molecule is Cc1nn(Cc2ccccc2)c(C)c1C(=O)NCC1CCCO1. The number of rotatable bonds is 5. The number of amides is 1. The topological polar surface area (TPSA) is 56.2 Å². The molecule has 1 amide bonds. The number of aryl methyl sites for hydroxylation is 1. The third-order valence-electron chi connectivity index (χ3n) is 4.30. The third kappa shape index (κ3) is 3.62. The first-order valence-corrected chi connectivity index (χ1v) is 8.13. The highest BCUT2D eigenvalue weighted by atomic mass is 16.5. The molecule has 0 aliphatic carbocycles. The Hall–Kier alpha value is -2.14. The molecule has 0 spiro atoms. The van der Waals surface area contributed by atoms with Crippen LogP contribution in [0.15, 0.2) is 30.3 Å². The Morgan fingerprint density at radius 1 is 1.35 bits per heavy atom. The number of nitrogens with zero attached hydrogens (tertiary/aromatic N) is 2. The quantitative estimate of drug-likeness (QED) is 0.922. The van der Waals surface area contributed by atoms with Crippen LogP contribution in [-0.2, 0) is 11.3 Å². The molecular formula is C18H23N3O2. The molecule has 23 heavy (non-hydrogen) atoms. The van der Waals surface area contributed by atoms with Crippen LogP contribution in [0.25, 0.3) is 0 Å². The highest BCUT2D eigenvalue weighted by molar-refractivity contribution is 5.96. The molecule has 0 radical (unpaired) electrons. The number of benzene rings is 1. The fraction of sp³-hybridized carbons (Fsp3) is 0.444. The molecule has 0 saturated carbocycles. The molecule has 1 aliphatic rings. The van der Waals surface area contributed by atoms with Crippen molar-refractivity contribution < 1.29 is 9.53 Å². The summed E-state index contributed by atoms with van der Waals surface area (Å²) in [5.41, 5.74) is 3.52. The molecule has 1 aromatic carbocycles. The summed E-state index contributed by atoms with van der Waals surface area (Å²) in [5, 5.41) is 7.51. The first-order valence-electron chi connectivity index (χ1n) is 8.13. The van der Waals surface area contributed by atoms with Crippen molar-refractivity contribution in [2.75, 3.05) is 13.2 Å². The van der Waals surface area contributed by atoms with E-state index in [0.717, 1.165) is 30.8 Å². The van der Waals surface area contributed by atoms with Gasteiger partial charge in [-0.15, -0.1) is 0 Å². The molecular weight excluding hydrogens is 290 g/mol. The smallest absolute Gasteiger partial charge is 0.255 e. The number of aromatic nitrogens is 2. The Kier molecular flexibility index (Phi) is 4.76. The lowest BCUT2D eigenvalue weighted by Crippen LogP contribution is -2.32. The molecule has 0 bridgehead atoms. The minimum absolute atomic E-state index is 0.0604. The lowest BCUT2D eigenvalue weighted by Gasteiger charge is -2.11. The Morgan fingerprint density at radius 2 is 2.13 bits per heavy atom. The van der Waals surface area contributed by atoms with Gasteiger partial charge in [-0.2, -0.15) is 5.10 Å². The third-order valence-corrected chi connectivity index (χ3v) is 4.30. The van der Waals surface area contributed by atoms with Gasteiger partial charge in [0.15, 0.2) is 0 Å². The maximum absolute atomic E-state index is 12.5. The van der Waals surface area contributed by atoms with E-state index in [-0.39, 0.29) is 12.0 Å². The number of nitrogens with one attached hydrogen (secondary N) is 1. The zero-order valence-electron chi connectivity index (χ0n) is 13.7. The zero-order valence-corrected chi connectivity index (χ0v) is 13.7. The second kappa shape index (κ2) is 6.96. The van der Waals surface area contributed by atoms with Crippen LogP contribution in [0.5, 0.6) is 0 Å². The average Bonchev–Trinajstić information content (AvgIpc) is 3.15. The van der Waals surface area contributed by atoms with Gasteiger partial charge in [-0.05, 0) is 32.3 Å². The summed E-state index contributed by atoms with van der Waals surface area (Å²) in [6.07, 6.45) is 2.25. The van der Waals surface area contributed by atoms with Crippen molar-refractivity contribution in [3.8, 4) is 0 Å². The van der Waals surface area contributed by atoms with Crippen molar-refractivity contribution in [1.29, 1.82) is 0 Å². The molecule has 1 aromatic heterocycles. The second-order valence-corrected chi connectivity index (χ2v) is 6.03. The molecule has 3 rings (SSSR count). The van der Waals surface area contributed by atoms with Crippen LogP contribution in [0.4, 0.5) is 0 Å². The molecule has 1 unspecified atom stereocenters. The number of ether oxygens (including phenoxy) is 1. The van der Waals surface area contributed by atoms with Crippen molar-refractivity contribution >= 4 is 5.91 Å². The predicted octanol–water partition coefficient (Wildman–Crippen LogP) is 2.46. The van der Waals surface area contributed by atoms with Gasteiger partial charge in [-0.25, -0.2) is 0 Å². The minimum atomic E-state index is -0.0604. The Labute approximate surface area is 136 Å². The summed E-state index contributed by atoms with van der Waals surface area (Å²) in [6, 6.07) is 10.1. The van der Waals surface area contributed by atoms with Crippen LogP contribution in [-0.4, -0.2) is 34.9 Å². The first-order chi connectivity index (χ1) is 11.1. The molecule has 122 valence electrons. The van der Waals surface area contributed by atoms with E-state index in [9.17, 15) is 4.79 Å². The van der Waals surface area contributed by atoms with Crippen LogP contribution in [0.3, 0.4) is 0 Å². The van der Waals surface area contributed by atoms with Gasteiger partial charge in [-0.1, -0.05) is 30.3 Å². The Bertz CT molecular complexity index is 673. The van der Waals surface area contributed by atoms with Gasteiger partial charge in [0, 0.05) is 18.8 Å². The second-order valence-electron chi connectivity index (χ2n) is 6.03. The number of carbonyl (C=O) groups excluding carboxylic acids is 1. The number of carbonyl (C=O) groups is 1. The summed E-state index contributed by atoms with van der Waals surface area (Å²) in [4.78, 5) is 12.5. The summed E-state index contributed by atoms with van der Waals surface area (Å²) in [5.74, 6) is -0.0604. The average molecular weight is 313 g/mol. The van der Waals surface area contributed by atoms with Crippen molar-refractivity contribution in [3.63, 3.8) is 0 Å². The fourth-order valence-corrected chi connectivity index (χ4v) is 3.04. The molecule has 1 atom stereocenters. The van der Waals surface area contributed by atoms with Gasteiger partial charge in [0.25, 0.3) is 5.91 Å². The van der Waals surface area contributed by atoms with Crippen molar-refractivity contribution in [3.05, 3.63) is 52.8 Å². The Balaban J connectivity index is 1.70. The van der Waals surface area contributed by atoms with Crippen molar-refractivity contribution in [2.45, 2.75) is 39.3 Å². The lowest BCUT2D eigenvalue weighted by atomic mass is 10.1. The Morgan fingerprint density at radius 3 is 2.83 bits per heavy atom. The van der Waals surface area contributed by atoms with E-state index in [4.69, 9.17) is 4.74 Å². The van der Waals surface area contributed by atoms with Crippen LogP contribution in [0.2, 0.25) is 0 Å². The molecule has 1 saturated heterocycles. The van der Waals surface area contributed by atoms with Crippen LogP contribution in [0, 0.1) is 13.8 Å². The number of hydrogen-bond acceptors (Lipinski definition) is 3. The lowest BCUT2D eigenvalue weighted by molar-refractivity contribution is 0.0856. The van der Waals surface area contributed by atoms with E-state index in [1.165, 1.54) is 5.56 Å². The van der Waals surface area contributed by atoms with Crippen LogP contribution in [0.1, 0.15) is 40.2 Å². The fourth-order valence-electron chi connectivity index (χ4n) is 3.04. The van der Waals surface area contributed by atoms with E-state index < -0.39 is 0 Å². The van der Waals surface area contributed by atoms with Crippen molar-refractivity contribution in [1.82, 2.24) is 15.1 Å². The molecule has 1 fully saturated rings. The van der Waals surface area contributed by atoms with Gasteiger partial charge in [0.05, 0.1) is 23.9 Å². The monoisotopic (exact) mass is 313 g/mol. The predicted molar refractivity (Wildman–Crippen MR) is 88.6 cm³/mol. The largest absolute Gasteiger partial charge is 0.376 e. The van der Waals surface area contributed by atoms with E-state index in [2.05, 4.69) is 22.5 Å². The summed E-state index contributed by atoms with van der Waals surface area (Å²) in [7, 11) is 0. The van der Waals surface area contributed by atoms with Gasteiger partial charge in [0.1, 0.15) is 0 Å². The maximum atomic E-state index is 12.5. The van der Waals surface area contributed by atoms with Crippen molar-refractivity contribution in [2.24, 2.45) is 0 Å². The highest BCUT2D eigenvalue weighted by Crippen LogP contribution is 2.16. The van der Waals surface area contributed by atoms with E-state index in [1.54, 1.807) is 0 Å². The van der Waals surface area contributed by atoms with Gasteiger partial charge >= 0.3 is 0 Å². The molecule has 2 aromatic rings. The van der Waals surface area contributed by atoms with Gasteiger partial charge in [0.2, 0.25) is 0 Å². The van der Waals surface area contributed by atoms with E-state index in [0.29, 0.717) is 18.7 Å². The number of hydrogen-bond donors (Lipinski definition) is 1. The molecule has 5 heteroatoms. The minimum Gasteiger partial charge on any atom is -0.376 e. The summed E-state index contributed by atoms with van der Waals surface area (Å²) in [6.45, 7) is 5.88. The van der Waals surface area contributed by atoms with Crippen LogP contribution >= 0.6 is 0 Å². The summed E-state index contributed by atoms with van der Waals surface area (Å²) < 4.78 is 7.44. The molecule has 2 heterocycles. The molecule has 1 N–H and O–H groups in total. The highest BCUT2D eigenvalue weighted by Gasteiger charge is 2.21. The maximum Gasteiger partial charge on any atom is 0.255 e. The molecule has 5 nitrogen and oxygen atoms in total. The van der Waals surface area contributed by atoms with Gasteiger partial charge in [-0.3, -0.25) is 9.48 Å². The van der Waals surface area contributed by atoms with Crippen LogP contribution < -0.4 is 5.32 Å². The first kappa shape index (κ1) is 15.7. The van der Waals surface area contributed by atoms with E-state index in [1.807, 2.05) is 36.7 Å². The van der Waals surface area contributed by atoms with E-state index >= 15 is 0 Å².